The van der Waals surface area contributed by atoms with Gasteiger partial charge in [0, 0.05) is 27.3 Å². The summed E-state index contributed by atoms with van der Waals surface area (Å²) in [5, 5.41) is 21.7. The molecule has 0 saturated carbocycles. The van der Waals surface area contributed by atoms with E-state index in [0.29, 0.717) is 22.1 Å². The van der Waals surface area contributed by atoms with Crippen LogP contribution in [0.3, 0.4) is 0 Å². The Labute approximate surface area is 133 Å². The molecule has 0 fully saturated rings. The van der Waals surface area contributed by atoms with Gasteiger partial charge in [-0.05, 0) is 13.8 Å². The fraction of sp³-hybridized carbons (Fsp3) is 0.333. The van der Waals surface area contributed by atoms with Crippen LogP contribution in [0.25, 0.3) is 10.8 Å². The fourth-order valence-electron chi connectivity index (χ4n) is 2.66. The van der Waals surface area contributed by atoms with E-state index in [-0.39, 0.29) is 23.4 Å². The Balaban J connectivity index is 0.00000192. The second-order valence-corrected chi connectivity index (χ2v) is 6.44. The van der Waals surface area contributed by atoms with E-state index in [9.17, 15) is 14.8 Å². The lowest BCUT2D eigenvalue weighted by Gasteiger charge is -2.37. The first-order valence-electron chi connectivity index (χ1n) is 6.79. The molecule has 8 heteroatoms. The van der Waals surface area contributed by atoms with Crippen molar-refractivity contribution >= 4 is 19.0 Å². The summed E-state index contributed by atoms with van der Waals surface area (Å²) in [6.45, 7) is 3.53. The number of hydrogen-bond acceptors (Lipinski definition) is 5. The molecule has 2 aromatic rings. The third kappa shape index (κ3) is 2.84. The molecule has 5 N–H and O–H groups in total. The second-order valence-electron chi connectivity index (χ2n) is 5.79. The molecule has 0 spiro atoms. The lowest BCUT2D eigenvalue weighted by atomic mass is 9.88. The lowest BCUT2D eigenvalue weighted by Crippen LogP contribution is -2.46. The summed E-state index contributed by atoms with van der Waals surface area (Å²) in [6.07, 6.45) is -0.653. The Morgan fingerprint density at radius 3 is 2.52 bits per heavy atom. The zero-order chi connectivity index (χ0) is 16.1. The van der Waals surface area contributed by atoms with E-state index in [4.69, 9.17) is 14.2 Å². The van der Waals surface area contributed by atoms with Crippen molar-refractivity contribution in [2.75, 3.05) is 0 Å². The molecule has 2 unspecified atom stereocenters. The predicted molar refractivity (Wildman–Crippen MR) is 84.1 cm³/mol. The minimum absolute atomic E-state index is 0. The van der Waals surface area contributed by atoms with Crippen molar-refractivity contribution in [3.63, 3.8) is 0 Å². The summed E-state index contributed by atoms with van der Waals surface area (Å²) >= 11 is 0. The monoisotopic (exact) mass is 341 g/mol. The molecule has 2 aromatic carbocycles. The molecule has 1 aliphatic rings. The zero-order valence-corrected chi connectivity index (χ0v) is 13.5. The number of fused-ring (bicyclic) bond motifs is 3. The Bertz CT molecular complexity index is 772. The number of aliphatic hydroxyl groups is 1. The van der Waals surface area contributed by atoms with Crippen molar-refractivity contribution < 1.29 is 34.4 Å². The van der Waals surface area contributed by atoms with E-state index in [1.54, 1.807) is 38.1 Å². The van der Waals surface area contributed by atoms with Crippen LogP contribution < -0.4 is 9.26 Å². The van der Waals surface area contributed by atoms with Gasteiger partial charge in [-0.15, -0.1) is 4.89 Å². The second kappa shape index (κ2) is 5.94. The van der Waals surface area contributed by atoms with Crippen LogP contribution in [0.1, 0.15) is 19.4 Å². The SMILES string of the molecule is CC1(C)Oc2c(c(O)c(O[P+](=O)O)c3ccccc23)CC1O.O. The van der Waals surface area contributed by atoms with Crippen molar-refractivity contribution in [2.45, 2.75) is 32.0 Å². The van der Waals surface area contributed by atoms with Crippen molar-refractivity contribution in [3.8, 4) is 17.2 Å². The maximum atomic E-state index is 11.0. The van der Waals surface area contributed by atoms with Gasteiger partial charge in [0.2, 0.25) is 5.75 Å². The first-order valence-corrected chi connectivity index (χ1v) is 7.92. The van der Waals surface area contributed by atoms with E-state index < -0.39 is 20.0 Å². The van der Waals surface area contributed by atoms with E-state index in [2.05, 4.69) is 0 Å². The third-order valence-electron chi connectivity index (χ3n) is 3.93. The van der Waals surface area contributed by atoms with Gasteiger partial charge in [-0.25, -0.2) is 4.52 Å². The molecule has 0 saturated heterocycles. The van der Waals surface area contributed by atoms with Gasteiger partial charge in [0.1, 0.15) is 11.4 Å². The molecule has 1 heterocycles. The van der Waals surface area contributed by atoms with Gasteiger partial charge in [0.15, 0.2) is 5.75 Å². The Hall–Kier alpha value is -1.92. The molecule has 2 atom stereocenters. The number of hydrogen-bond donors (Lipinski definition) is 3. The van der Waals surface area contributed by atoms with Crippen LogP contribution in [-0.2, 0) is 11.0 Å². The standard InChI is InChI=1S/C15H15O6P.H2O/c1-15(2)11(16)7-10-12(17)14(21-22(18)19)9-6-4-3-5-8(9)13(10)20-15;/h3-6,11,16H,7H2,1-2H3,(H-,17,18,19);1H2/p+1. The molecule has 0 aliphatic carbocycles. The van der Waals surface area contributed by atoms with Crippen LogP contribution in [0.15, 0.2) is 24.3 Å². The molecule has 7 nitrogen and oxygen atoms in total. The summed E-state index contributed by atoms with van der Waals surface area (Å²) in [4.78, 5) is 9.02. The molecule has 0 bridgehead atoms. The fourth-order valence-corrected chi connectivity index (χ4v) is 3.00. The minimum Gasteiger partial charge on any atom is -0.504 e. The van der Waals surface area contributed by atoms with Gasteiger partial charge in [0.25, 0.3) is 0 Å². The van der Waals surface area contributed by atoms with Gasteiger partial charge in [-0.1, -0.05) is 24.3 Å². The van der Waals surface area contributed by atoms with Crippen molar-refractivity contribution in [3.05, 3.63) is 29.8 Å². The first kappa shape index (κ1) is 17.4. The molecule has 0 amide bonds. The summed E-state index contributed by atoms with van der Waals surface area (Å²) in [7, 11) is -2.92. The van der Waals surface area contributed by atoms with E-state index >= 15 is 0 Å². The molecule has 0 aromatic heterocycles. The van der Waals surface area contributed by atoms with Gasteiger partial charge in [0.05, 0.1) is 6.10 Å². The Kier molecular flexibility index (Phi) is 4.50. The zero-order valence-electron chi connectivity index (χ0n) is 12.6. The van der Waals surface area contributed by atoms with E-state index in [1.807, 2.05) is 0 Å². The highest BCUT2D eigenvalue weighted by Gasteiger charge is 2.39. The molecule has 124 valence electrons. The number of phenolic OH excluding ortho intramolecular Hbond substituents is 1. The van der Waals surface area contributed by atoms with Crippen LogP contribution in [0.5, 0.6) is 17.2 Å². The van der Waals surface area contributed by atoms with Crippen LogP contribution >= 0.6 is 8.25 Å². The van der Waals surface area contributed by atoms with Crippen LogP contribution in [0.2, 0.25) is 0 Å². The van der Waals surface area contributed by atoms with Gasteiger partial charge >= 0.3 is 8.25 Å². The van der Waals surface area contributed by atoms with E-state index in [1.165, 1.54) is 0 Å². The number of phenols is 1. The average Bonchev–Trinajstić information content (AvgIpc) is 2.45. The summed E-state index contributed by atoms with van der Waals surface area (Å²) < 4.78 is 21.8. The summed E-state index contributed by atoms with van der Waals surface area (Å²) in [5.74, 6) is 0.109. The molecule has 3 rings (SSSR count). The lowest BCUT2D eigenvalue weighted by molar-refractivity contribution is -0.0406. The Morgan fingerprint density at radius 2 is 1.91 bits per heavy atom. The highest BCUT2D eigenvalue weighted by atomic mass is 31.1. The van der Waals surface area contributed by atoms with Crippen molar-refractivity contribution in [2.24, 2.45) is 0 Å². The quantitative estimate of drug-likeness (QED) is 0.715. The Morgan fingerprint density at radius 1 is 1.30 bits per heavy atom. The van der Waals surface area contributed by atoms with Crippen molar-refractivity contribution in [1.29, 1.82) is 0 Å². The number of aliphatic hydroxyl groups excluding tert-OH is 1. The predicted octanol–water partition coefficient (Wildman–Crippen LogP) is 1.82. The molecule has 1 aliphatic heterocycles. The normalized spacial score (nSPS) is 19.3. The topological polar surface area (TPSA) is 128 Å². The maximum absolute atomic E-state index is 11.0. The number of rotatable bonds is 2. The summed E-state index contributed by atoms with van der Waals surface area (Å²) in [6, 6.07) is 6.97. The van der Waals surface area contributed by atoms with Crippen LogP contribution in [0, 0.1) is 0 Å². The number of benzene rings is 2. The molecule has 23 heavy (non-hydrogen) atoms. The molecular formula is C15H18O7P+. The molecule has 0 radical (unpaired) electrons. The van der Waals surface area contributed by atoms with E-state index in [0.717, 1.165) is 0 Å². The molecular weight excluding hydrogens is 323 g/mol. The smallest absolute Gasteiger partial charge is 0.504 e. The largest absolute Gasteiger partial charge is 0.747 e. The van der Waals surface area contributed by atoms with Gasteiger partial charge in [-0.3, -0.25) is 0 Å². The highest BCUT2D eigenvalue weighted by molar-refractivity contribution is 7.32. The third-order valence-corrected chi connectivity index (χ3v) is 4.26. The van der Waals surface area contributed by atoms with Crippen LogP contribution in [0.4, 0.5) is 0 Å². The minimum atomic E-state index is -2.92. The van der Waals surface area contributed by atoms with Crippen molar-refractivity contribution in [1.82, 2.24) is 0 Å². The average molecular weight is 341 g/mol. The maximum Gasteiger partial charge on any atom is 0.747 e. The van der Waals surface area contributed by atoms with Gasteiger partial charge < -0.3 is 20.4 Å². The van der Waals surface area contributed by atoms with Crippen LogP contribution in [-0.4, -0.2) is 32.3 Å². The summed E-state index contributed by atoms with van der Waals surface area (Å²) in [5.41, 5.74) is -0.426. The van der Waals surface area contributed by atoms with Gasteiger partial charge in [-0.2, -0.15) is 0 Å². The highest BCUT2D eigenvalue weighted by Crippen LogP contribution is 2.50. The number of ether oxygens (including phenoxy) is 1. The number of aromatic hydroxyl groups is 1. The first-order chi connectivity index (χ1) is 10.3.